The smallest absolute Gasteiger partial charge is 0.340 e. The standard InChI is InChI=1S/C9H9FINO2/c1-2-14-9(13)6-3-5(11)4-7(10)8(6)12/h3-4H,2,12H2,1H3. The summed E-state index contributed by atoms with van der Waals surface area (Å²) in [5, 5.41) is 0. The molecule has 0 aliphatic rings. The van der Waals surface area contributed by atoms with Gasteiger partial charge in [0.2, 0.25) is 0 Å². The Morgan fingerprint density at radius 2 is 2.29 bits per heavy atom. The topological polar surface area (TPSA) is 52.3 Å². The summed E-state index contributed by atoms with van der Waals surface area (Å²) in [5.41, 5.74) is 5.32. The fourth-order valence-electron chi connectivity index (χ4n) is 0.962. The summed E-state index contributed by atoms with van der Waals surface area (Å²) in [5.74, 6) is -1.19. The van der Waals surface area contributed by atoms with E-state index in [4.69, 9.17) is 10.5 Å². The Balaban J connectivity index is 3.13. The first-order valence-corrected chi connectivity index (χ1v) is 5.05. The van der Waals surface area contributed by atoms with Gasteiger partial charge in [-0.2, -0.15) is 0 Å². The van der Waals surface area contributed by atoms with Gasteiger partial charge in [0.25, 0.3) is 0 Å². The van der Waals surface area contributed by atoms with E-state index in [9.17, 15) is 9.18 Å². The molecular weight excluding hydrogens is 300 g/mol. The van der Waals surface area contributed by atoms with Crippen molar-refractivity contribution in [2.45, 2.75) is 6.92 Å². The lowest BCUT2D eigenvalue weighted by Gasteiger charge is -2.06. The van der Waals surface area contributed by atoms with Gasteiger partial charge in [0.1, 0.15) is 5.82 Å². The van der Waals surface area contributed by atoms with E-state index in [0.717, 1.165) is 0 Å². The average Bonchev–Trinajstić information content (AvgIpc) is 2.11. The molecule has 0 aliphatic carbocycles. The van der Waals surface area contributed by atoms with Gasteiger partial charge < -0.3 is 10.5 Å². The van der Waals surface area contributed by atoms with Crippen molar-refractivity contribution >= 4 is 34.2 Å². The molecule has 3 nitrogen and oxygen atoms in total. The highest BCUT2D eigenvalue weighted by atomic mass is 127. The fraction of sp³-hybridized carbons (Fsp3) is 0.222. The van der Waals surface area contributed by atoms with Gasteiger partial charge in [0.15, 0.2) is 0 Å². The molecule has 1 aromatic carbocycles. The highest BCUT2D eigenvalue weighted by Gasteiger charge is 2.14. The number of nitrogen functional groups attached to an aromatic ring is 1. The number of halogens is 2. The summed E-state index contributed by atoms with van der Waals surface area (Å²) < 4.78 is 18.4. The van der Waals surface area contributed by atoms with E-state index in [-0.39, 0.29) is 17.9 Å². The van der Waals surface area contributed by atoms with Crippen LogP contribution in [0.5, 0.6) is 0 Å². The number of esters is 1. The van der Waals surface area contributed by atoms with Crippen LogP contribution in [0.1, 0.15) is 17.3 Å². The van der Waals surface area contributed by atoms with E-state index in [1.807, 2.05) is 22.6 Å². The Labute approximate surface area is 94.6 Å². The number of carbonyl (C=O) groups is 1. The molecule has 76 valence electrons. The second-order valence-corrected chi connectivity index (χ2v) is 3.81. The Kier molecular flexibility index (Phi) is 3.68. The van der Waals surface area contributed by atoms with E-state index in [1.165, 1.54) is 12.1 Å². The Morgan fingerprint density at radius 3 is 2.86 bits per heavy atom. The summed E-state index contributed by atoms with van der Waals surface area (Å²) >= 11 is 1.91. The molecule has 2 N–H and O–H groups in total. The third-order valence-electron chi connectivity index (χ3n) is 1.59. The van der Waals surface area contributed by atoms with Gasteiger partial charge in [-0.3, -0.25) is 0 Å². The van der Waals surface area contributed by atoms with Crippen LogP contribution in [-0.4, -0.2) is 12.6 Å². The molecule has 1 aromatic rings. The zero-order chi connectivity index (χ0) is 10.7. The van der Waals surface area contributed by atoms with Crippen LogP contribution >= 0.6 is 22.6 Å². The largest absolute Gasteiger partial charge is 0.462 e. The molecular formula is C9H9FINO2. The third-order valence-corrected chi connectivity index (χ3v) is 2.21. The number of benzene rings is 1. The minimum absolute atomic E-state index is 0.0799. The van der Waals surface area contributed by atoms with E-state index < -0.39 is 11.8 Å². The van der Waals surface area contributed by atoms with E-state index in [0.29, 0.717) is 3.57 Å². The van der Waals surface area contributed by atoms with Gasteiger partial charge in [0, 0.05) is 3.57 Å². The first-order chi connectivity index (χ1) is 6.56. The van der Waals surface area contributed by atoms with Crippen LogP contribution in [0.4, 0.5) is 10.1 Å². The van der Waals surface area contributed by atoms with Gasteiger partial charge in [0.05, 0.1) is 17.9 Å². The summed E-state index contributed by atoms with van der Waals surface area (Å²) in [6.07, 6.45) is 0. The molecule has 0 fully saturated rings. The molecule has 5 heteroatoms. The second kappa shape index (κ2) is 4.59. The van der Waals surface area contributed by atoms with Crippen molar-refractivity contribution in [3.8, 4) is 0 Å². The maximum atomic E-state index is 13.1. The van der Waals surface area contributed by atoms with E-state index in [1.54, 1.807) is 6.92 Å². The monoisotopic (exact) mass is 309 g/mol. The maximum absolute atomic E-state index is 13.1. The highest BCUT2D eigenvalue weighted by Crippen LogP contribution is 2.20. The summed E-state index contributed by atoms with van der Waals surface area (Å²) in [6, 6.07) is 2.76. The molecule has 0 unspecified atom stereocenters. The number of ether oxygens (including phenoxy) is 1. The molecule has 0 bridgehead atoms. The predicted molar refractivity (Wildman–Crippen MR) is 59.5 cm³/mol. The number of hydrogen-bond acceptors (Lipinski definition) is 3. The Bertz CT molecular complexity index is 368. The number of anilines is 1. The molecule has 0 heterocycles. The van der Waals surface area contributed by atoms with Gasteiger partial charge in [-0.1, -0.05) is 0 Å². The molecule has 0 saturated heterocycles. The normalized spacial score (nSPS) is 9.93. The molecule has 0 aromatic heterocycles. The lowest BCUT2D eigenvalue weighted by atomic mass is 10.2. The van der Waals surface area contributed by atoms with Crippen molar-refractivity contribution < 1.29 is 13.9 Å². The van der Waals surface area contributed by atoms with Crippen molar-refractivity contribution in [2.24, 2.45) is 0 Å². The van der Waals surface area contributed by atoms with Crippen molar-refractivity contribution in [2.75, 3.05) is 12.3 Å². The molecule has 0 atom stereocenters. The molecule has 0 spiro atoms. The van der Waals surface area contributed by atoms with Crippen molar-refractivity contribution in [3.63, 3.8) is 0 Å². The number of nitrogens with two attached hydrogens (primary N) is 1. The maximum Gasteiger partial charge on any atom is 0.340 e. The quantitative estimate of drug-likeness (QED) is 0.517. The third kappa shape index (κ3) is 2.34. The minimum atomic E-state index is -0.597. The lowest BCUT2D eigenvalue weighted by molar-refractivity contribution is 0.0527. The van der Waals surface area contributed by atoms with Gasteiger partial charge in [-0.05, 0) is 41.6 Å². The van der Waals surface area contributed by atoms with Crippen LogP contribution in [-0.2, 0) is 4.74 Å². The van der Waals surface area contributed by atoms with E-state index in [2.05, 4.69) is 0 Å². The van der Waals surface area contributed by atoms with Crippen LogP contribution in [0.2, 0.25) is 0 Å². The van der Waals surface area contributed by atoms with E-state index >= 15 is 0 Å². The number of carbonyl (C=O) groups excluding carboxylic acids is 1. The Hall–Kier alpha value is -0.850. The van der Waals surface area contributed by atoms with Crippen LogP contribution < -0.4 is 5.73 Å². The van der Waals surface area contributed by atoms with Crippen molar-refractivity contribution in [3.05, 3.63) is 27.1 Å². The van der Waals surface area contributed by atoms with Crippen molar-refractivity contribution in [1.29, 1.82) is 0 Å². The summed E-state index contributed by atoms with van der Waals surface area (Å²) in [7, 11) is 0. The van der Waals surface area contributed by atoms with Gasteiger partial charge in [-0.25, -0.2) is 9.18 Å². The first-order valence-electron chi connectivity index (χ1n) is 3.98. The minimum Gasteiger partial charge on any atom is -0.462 e. The molecule has 0 saturated carbocycles. The summed E-state index contributed by atoms with van der Waals surface area (Å²) in [6.45, 7) is 1.92. The zero-order valence-electron chi connectivity index (χ0n) is 7.51. The number of rotatable bonds is 2. The molecule has 0 radical (unpaired) electrons. The highest BCUT2D eigenvalue weighted by molar-refractivity contribution is 14.1. The summed E-state index contributed by atoms with van der Waals surface area (Å²) in [4.78, 5) is 11.3. The van der Waals surface area contributed by atoms with Crippen LogP contribution in [0.3, 0.4) is 0 Å². The Morgan fingerprint density at radius 1 is 1.64 bits per heavy atom. The molecule has 1 rings (SSSR count). The molecule has 14 heavy (non-hydrogen) atoms. The first kappa shape index (κ1) is 11.2. The van der Waals surface area contributed by atoms with Gasteiger partial charge in [-0.15, -0.1) is 0 Å². The fourth-order valence-corrected chi connectivity index (χ4v) is 1.55. The molecule has 0 aliphatic heterocycles. The second-order valence-electron chi connectivity index (χ2n) is 2.57. The molecule has 0 amide bonds. The van der Waals surface area contributed by atoms with Crippen LogP contribution in [0, 0.1) is 9.39 Å². The van der Waals surface area contributed by atoms with Gasteiger partial charge >= 0.3 is 5.97 Å². The van der Waals surface area contributed by atoms with Crippen molar-refractivity contribution in [1.82, 2.24) is 0 Å². The number of hydrogen-bond donors (Lipinski definition) is 1. The van der Waals surface area contributed by atoms with Crippen LogP contribution in [0.25, 0.3) is 0 Å². The SMILES string of the molecule is CCOC(=O)c1cc(I)cc(F)c1N. The van der Waals surface area contributed by atoms with Crippen LogP contribution in [0.15, 0.2) is 12.1 Å². The zero-order valence-corrected chi connectivity index (χ0v) is 9.67. The lowest BCUT2D eigenvalue weighted by Crippen LogP contribution is -2.09. The average molecular weight is 309 g/mol. The predicted octanol–water partition coefficient (Wildman–Crippen LogP) is 2.19.